The maximum atomic E-state index is 10.6. The molecule has 1 spiro atoms. The molecule has 0 aromatic carbocycles. The molecule has 4 nitrogen and oxygen atoms in total. The maximum absolute atomic E-state index is 10.6. The van der Waals surface area contributed by atoms with E-state index in [2.05, 4.69) is 0 Å². The molecular formula is C13H25NO3. The van der Waals surface area contributed by atoms with Gasteiger partial charge in [0.05, 0.1) is 11.2 Å². The molecule has 0 saturated carbocycles. The highest BCUT2D eigenvalue weighted by Crippen LogP contribution is 2.41. The molecule has 0 aromatic rings. The molecule has 0 aromatic heterocycles. The van der Waals surface area contributed by atoms with Crippen LogP contribution in [0.4, 0.5) is 0 Å². The van der Waals surface area contributed by atoms with E-state index in [1.54, 1.807) is 0 Å². The summed E-state index contributed by atoms with van der Waals surface area (Å²) in [5, 5.41) is 10.6. The van der Waals surface area contributed by atoms with Gasteiger partial charge in [0.15, 0.2) is 0 Å². The Morgan fingerprint density at radius 1 is 1.35 bits per heavy atom. The minimum absolute atomic E-state index is 0.0561. The van der Waals surface area contributed by atoms with Gasteiger partial charge in [-0.1, -0.05) is 6.92 Å². The topological polar surface area (TPSA) is 64.7 Å². The summed E-state index contributed by atoms with van der Waals surface area (Å²) in [6.07, 6.45) is 4.48. The number of hydrogen-bond acceptors (Lipinski definition) is 4. The van der Waals surface area contributed by atoms with Crippen molar-refractivity contribution in [1.82, 2.24) is 0 Å². The lowest BCUT2D eigenvalue weighted by molar-refractivity contribution is -0.174. The molecule has 0 radical (unpaired) electrons. The molecule has 0 amide bonds. The van der Waals surface area contributed by atoms with Gasteiger partial charge in [-0.25, -0.2) is 0 Å². The highest BCUT2D eigenvalue weighted by Gasteiger charge is 2.45. The van der Waals surface area contributed by atoms with Crippen LogP contribution in [0.1, 0.15) is 39.0 Å². The van der Waals surface area contributed by atoms with Gasteiger partial charge in [0.2, 0.25) is 0 Å². The fourth-order valence-electron chi connectivity index (χ4n) is 3.18. The number of nitrogens with two attached hydrogens (primary N) is 1. The number of rotatable bonds is 3. The Morgan fingerprint density at radius 3 is 2.65 bits per heavy atom. The Kier molecular flexibility index (Phi) is 4.08. The first-order chi connectivity index (χ1) is 8.14. The van der Waals surface area contributed by atoms with Gasteiger partial charge in [0, 0.05) is 26.4 Å². The molecule has 2 aliphatic rings. The molecule has 2 rings (SSSR count). The lowest BCUT2D eigenvalue weighted by Gasteiger charge is -2.47. The fourth-order valence-corrected chi connectivity index (χ4v) is 3.18. The van der Waals surface area contributed by atoms with E-state index in [-0.39, 0.29) is 11.5 Å². The van der Waals surface area contributed by atoms with Crippen LogP contribution in [0.2, 0.25) is 0 Å². The summed E-state index contributed by atoms with van der Waals surface area (Å²) in [7, 11) is 0. The minimum atomic E-state index is -0.713. The first kappa shape index (κ1) is 13.3. The van der Waals surface area contributed by atoms with E-state index in [1.807, 2.05) is 6.92 Å². The van der Waals surface area contributed by atoms with E-state index in [0.717, 1.165) is 51.9 Å². The lowest BCUT2D eigenvalue weighted by atomic mass is 9.72. The minimum Gasteiger partial charge on any atom is -0.388 e. The summed E-state index contributed by atoms with van der Waals surface area (Å²) in [4.78, 5) is 0. The third-order valence-electron chi connectivity index (χ3n) is 4.62. The molecule has 2 saturated heterocycles. The standard InChI is InChI=1S/C13H25NO3/c1-2-13(15,10-14)11-3-6-17-12(9-11)4-7-16-8-5-12/h11,15H,2-10,14H2,1H3. The van der Waals surface area contributed by atoms with Crippen LogP contribution in [0, 0.1) is 5.92 Å². The van der Waals surface area contributed by atoms with Crippen LogP contribution in [0.3, 0.4) is 0 Å². The molecule has 0 aliphatic carbocycles. The molecule has 17 heavy (non-hydrogen) atoms. The van der Waals surface area contributed by atoms with E-state index in [9.17, 15) is 5.11 Å². The highest BCUT2D eigenvalue weighted by molar-refractivity contribution is 4.96. The van der Waals surface area contributed by atoms with Gasteiger partial charge in [-0.15, -0.1) is 0 Å². The van der Waals surface area contributed by atoms with E-state index in [4.69, 9.17) is 15.2 Å². The van der Waals surface area contributed by atoms with E-state index < -0.39 is 5.60 Å². The maximum Gasteiger partial charge on any atom is 0.0796 e. The molecule has 2 unspecified atom stereocenters. The second kappa shape index (κ2) is 5.22. The van der Waals surface area contributed by atoms with Crippen LogP contribution in [-0.2, 0) is 9.47 Å². The zero-order chi connectivity index (χ0) is 12.4. The van der Waals surface area contributed by atoms with Crippen molar-refractivity contribution in [1.29, 1.82) is 0 Å². The average Bonchev–Trinajstić information content (AvgIpc) is 2.39. The van der Waals surface area contributed by atoms with E-state index in [0.29, 0.717) is 6.54 Å². The van der Waals surface area contributed by atoms with Gasteiger partial charge in [-0.2, -0.15) is 0 Å². The van der Waals surface area contributed by atoms with Gasteiger partial charge in [0.1, 0.15) is 0 Å². The van der Waals surface area contributed by atoms with Gasteiger partial charge < -0.3 is 20.3 Å². The molecule has 4 heteroatoms. The summed E-state index contributed by atoms with van der Waals surface area (Å²) in [5.41, 5.74) is 4.98. The van der Waals surface area contributed by atoms with Gasteiger partial charge in [-0.05, 0) is 38.0 Å². The Balaban J connectivity index is 2.05. The monoisotopic (exact) mass is 243 g/mol. The SMILES string of the molecule is CCC(O)(CN)C1CCOC2(CCOCC2)C1. The van der Waals surface area contributed by atoms with Gasteiger partial charge >= 0.3 is 0 Å². The van der Waals surface area contributed by atoms with Gasteiger partial charge in [-0.3, -0.25) is 0 Å². The lowest BCUT2D eigenvalue weighted by Crippen LogP contribution is -2.53. The number of ether oxygens (including phenoxy) is 2. The van der Waals surface area contributed by atoms with Crippen molar-refractivity contribution in [2.45, 2.75) is 50.2 Å². The summed E-state index contributed by atoms with van der Waals surface area (Å²) >= 11 is 0. The predicted octanol–water partition coefficient (Wildman–Crippen LogP) is 1.06. The largest absolute Gasteiger partial charge is 0.388 e. The number of hydrogen-bond donors (Lipinski definition) is 2. The average molecular weight is 243 g/mol. The predicted molar refractivity (Wildman–Crippen MR) is 65.8 cm³/mol. The Labute approximate surface area is 103 Å². The first-order valence-electron chi connectivity index (χ1n) is 6.78. The normalized spacial score (nSPS) is 32.3. The molecule has 2 aliphatic heterocycles. The van der Waals surface area contributed by atoms with Crippen LogP contribution in [0.25, 0.3) is 0 Å². The molecular weight excluding hydrogens is 218 g/mol. The van der Waals surface area contributed by atoms with Crippen molar-refractivity contribution in [2.75, 3.05) is 26.4 Å². The summed E-state index contributed by atoms with van der Waals surface area (Å²) in [6, 6.07) is 0. The second-order valence-corrected chi connectivity index (χ2v) is 5.49. The third-order valence-corrected chi connectivity index (χ3v) is 4.62. The van der Waals surface area contributed by atoms with Crippen molar-refractivity contribution in [3.63, 3.8) is 0 Å². The van der Waals surface area contributed by atoms with E-state index in [1.165, 1.54) is 0 Å². The van der Waals surface area contributed by atoms with E-state index >= 15 is 0 Å². The Bertz CT molecular complexity index is 242. The van der Waals surface area contributed by atoms with Crippen molar-refractivity contribution >= 4 is 0 Å². The van der Waals surface area contributed by atoms with Crippen molar-refractivity contribution in [3.8, 4) is 0 Å². The fraction of sp³-hybridized carbons (Fsp3) is 1.00. The van der Waals surface area contributed by atoms with Gasteiger partial charge in [0.25, 0.3) is 0 Å². The van der Waals surface area contributed by atoms with Crippen LogP contribution in [-0.4, -0.2) is 42.7 Å². The summed E-state index contributed by atoms with van der Waals surface area (Å²) < 4.78 is 11.4. The molecule has 100 valence electrons. The summed E-state index contributed by atoms with van der Waals surface area (Å²) in [6.45, 7) is 4.66. The molecule has 2 fully saturated rings. The molecule has 3 N–H and O–H groups in total. The Morgan fingerprint density at radius 2 is 2.06 bits per heavy atom. The third kappa shape index (κ3) is 2.65. The van der Waals surface area contributed by atoms with Crippen LogP contribution >= 0.6 is 0 Å². The zero-order valence-electron chi connectivity index (χ0n) is 10.8. The quantitative estimate of drug-likeness (QED) is 0.778. The first-order valence-corrected chi connectivity index (χ1v) is 6.78. The summed E-state index contributed by atoms with van der Waals surface area (Å²) in [5.74, 6) is 0.268. The zero-order valence-corrected chi connectivity index (χ0v) is 10.8. The van der Waals surface area contributed by atoms with Crippen LogP contribution < -0.4 is 5.73 Å². The van der Waals surface area contributed by atoms with Crippen LogP contribution in [0.5, 0.6) is 0 Å². The smallest absolute Gasteiger partial charge is 0.0796 e. The molecule has 2 atom stereocenters. The molecule has 2 heterocycles. The Hall–Kier alpha value is -0.160. The number of aliphatic hydroxyl groups is 1. The van der Waals surface area contributed by atoms with Crippen molar-refractivity contribution in [3.05, 3.63) is 0 Å². The highest BCUT2D eigenvalue weighted by atomic mass is 16.5. The van der Waals surface area contributed by atoms with Crippen molar-refractivity contribution in [2.24, 2.45) is 11.7 Å². The van der Waals surface area contributed by atoms with Crippen molar-refractivity contribution < 1.29 is 14.6 Å². The van der Waals surface area contributed by atoms with Crippen LogP contribution in [0.15, 0.2) is 0 Å². The molecule has 0 bridgehead atoms. The second-order valence-electron chi connectivity index (χ2n) is 5.49.